The number of ether oxygens (including phenoxy) is 1. The lowest BCUT2D eigenvalue weighted by Crippen LogP contribution is -2.25. The summed E-state index contributed by atoms with van der Waals surface area (Å²) in [5, 5.41) is 2.87. The normalized spacial score (nSPS) is 13.5. The van der Waals surface area contributed by atoms with Crippen LogP contribution >= 0.6 is 0 Å². The van der Waals surface area contributed by atoms with Gasteiger partial charge >= 0.3 is 0 Å². The largest absolute Gasteiger partial charge is 0.482 e. The van der Waals surface area contributed by atoms with Gasteiger partial charge in [-0.2, -0.15) is 0 Å². The van der Waals surface area contributed by atoms with Gasteiger partial charge in [-0.3, -0.25) is 9.69 Å². The number of fused-ring (bicyclic) bond motifs is 2. The lowest BCUT2D eigenvalue weighted by Gasteiger charge is -2.20. The van der Waals surface area contributed by atoms with Gasteiger partial charge in [-0.05, 0) is 43.4 Å². The number of imidazole rings is 1. The Labute approximate surface area is 157 Å². The van der Waals surface area contributed by atoms with Crippen LogP contribution in [-0.2, 0) is 11.3 Å². The van der Waals surface area contributed by atoms with E-state index in [4.69, 9.17) is 15.5 Å². The second-order valence-corrected chi connectivity index (χ2v) is 6.61. The van der Waals surface area contributed by atoms with E-state index in [1.54, 1.807) is 0 Å². The number of nitrogen functional groups attached to an aromatic ring is 1. The van der Waals surface area contributed by atoms with Gasteiger partial charge in [0, 0.05) is 24.0 Å². The maximum atomic E-state index is 11.7. The molecule has 0 spiro atoms. The van der Waals surface area contributed by atoms with Crippen molar-refractivity contribution in [3.63, 3.8) is 0 Å². The minimum atomic E-state index is -0.147. The molecule has 3 aromatic rings. The quantitative estimate of drug-likeness (QED) is 0.726. The molecule has 0 saturated heterocycles. The summed E-state index contributed by atoms with van der Waals surface area (Å²) >= 11 is 0. The number of nitrogens with zero attached hydrogens (tertiary/aromatic N) is 3. The Morgan fingerprint density at radius 3 is 2.85 bits per heavy atom. The van der Waals surface area contributed by atoms with E-state index in [0.717, 1.165) is 42.2 Å². The molecule has 3 N–H and O–H groups in total. The molecule has 27 heavy (non-hydrogen) atoms. The van der Waals surface area contributed by atoms with E-state index in [0.29, 0.717) is 17.1 Å². The smallest absolute Gasteiger partial charge is 0.262 e. The Balaban J connectivity index is 1.85. The molecule has 0 bridgehead atoms. The maximum Gasteiger partial charge on any atom is 0.262 e. The Hall–Kier alpha value is -3.06. The summed E-state index contributed by atoms with van der Waals surface area (Å²) in [7, 11) is 0. The van der Waals surface area contributed by atoms with Gasteiger partial charge in [0.05, 0.1) is 17.1 Å². The molecule has 7 nitrogen and oxygen atoms in total. The lowest BCUT2D eigenvalue weighted by atomic mass is 10.1. The molecule has 4 rings (SSSR count). The van der Waals surface area contributed by atoms with Gasteiger partial charge in [0.15, 0.2) is 6.61 Å². The van der Waals surface area contributed by atoms with Crippen molar-refractivity contribution in [3.05, 3.63) is 42.2 Å². The summed E-state index contributed by atoms with van der Waals surface area (Å²) in [5.74, 6) is 0.530. The van der Waals surface area contributed by atoms with E-state index in [9.17, 15) is 4.79 Å². The van der Waals surface area contributed by atoms with E-state index in [-0.39, 0.29) is 12.5 Å². The molecule has 0 atom stereocenters. The van der Waals surface area contributed by atoms with E-state index in [1.807, 2.05) is 36.5 Å². The van der Waals surface area contributed by atoms with Crippen molar-refractivity contribution < 1.29 is 9.53 Å². The summed E-state index contributed by atoms with van der Waals surface area (Å²) in [6.07, 6.45) is 1.91. The third kappa shape index (κ3) is 3.21. The second-order valence-electron chi connectivity index (χ2n) is 6.61. The van der Waals surface area contributed by atoms with Crippen LogP contribution in [0.25, 0.3) is 16.9 Å². The molecule has 0 radical (unpaired) electrons. The van der Waals surface area contributed by atoms with Crippen LogP contribution in [0.5, 0.6) is 5.75 Å². The number of carbonyl (C=O) groups excluding carboxylic acids is 1. The van der Waals surface area contributed by atoms with Crippen molar-refractivity contribution in [3.8, 4) is 17.0 Å². The first-order valence-electron chi connectivity index (χ1n) is 9.15. The number of benzene rings is 1. The Kier molecular flexibility index (Phi) is 4.45. The number of nitrogens with two attached hydrogens (primary N) is 1. The fourth-order valence-corrected chi connectivity index (χ4v) is 3.38. The Morgan fingerprint density at radius 2 is 2.07 bits per heavy atom. The standard InChI is InChI=1S/C20H23N5O2/c1-3-24(4-2)11-16-20(23-18-8-6-14(21)10-25(16)18)13-5-7-17-15(9-13)22-19(26)12-27-17/h5-10H,3-4,11-12,21H2,1-2H3,(H,22,26). The summed E-state index contributed by atoms with van der Waals surface area (Å²) in [6, 6.07) is 9.56. The van der Waals surface area contributed by atoms with Crippen molar-refractivity contribution in [1.82, 2.24) is 14.3 Å². The summed E-state index contributed by atoms with van der Waals surface area (Å²) < 4.78 is 7.52. The van der Waals surface area contributed by atoms with Gasteiger partial charge < -0.3 is 20.2 Å². The number of hydrogen-bond acceptors (Lipinski definition) is 5. The first-order valence-corrected chi connectivity index (χ1v) is 9.15. The molecule has 0 fully saturated rings. The van der Waals surface area contributed by atoms with Crippen molar-refractivity contribution in [1.29, 1.82) is 0 Å². The molecule has 1 aliphatic heterocycles. The van der Waals surface area contributed by atoms with Crippen molar-refractivity contribution >= 4 is 22.9 Å². The number of rotatable bonds is 5. The van der Waals surface area contributed by atoms with Gasteiger partial charge in [-0.25, -0.2) is 4.98 Å². The number of carbonyl (C=O) groups is 1. The fraction of sp³-hybridized carbons (Fsp3) is 0.300. The van der Waals surface area contributed by atoms with Crippen LogP contribution < -0.4 is 15.8 Å². The minimum absolute atomic E-state index is 0.0488. The zero-order valence-electron chi connectivity index (χ0n) is 15.5. The summed E-state index contributed by atoms with van der Waals surface area (Å²) in [6.45, 7) is 6.98. The molecule has 1 aliphatic rings. The SMILES string of the molecule is CCN(CC)Cc1c(-c2ccc3c(c2)NC(=O)CO3)nc2ccc(N)cn12. The number of anilines is 2. The van der Waals surface area contributed by atoms with Crippen molar-refractivity contribution in [2.45, 2.75) is 20.4 Å². The second kappa shape index (κ2) is 6.92. The van der Waals surface area contributed by atoms with Gasteiger partial charge in [-0.15, -0.1) is 0 Å². The molecule has 1 aromatic carbocycles. The highest BCUT2D eigenvalue weighted by Crippen LogP contribution is 2.34. The van der Waals surface area contributed by atoms with E-state index < -0.39 is 0 Å². The molecule has 3 heterocycles. The van der Waals surface area contributed by atoms with Crippen LogP contribution in [0.2, 0.25) is 0 Å². The zero-order chi connectivity index (χ0) is 19.0. The van der Waals surface area contributed by atoms with Gasteiger partial charge in [0.25, 0.3) is 5.91 Å². The van der Waals surface area contributed by atoms with Crippen LogP contribution in [0, 0.1) is 0 Å². The molecule has 0 unspecified atom stereocenters. The Bertz CT molecular complexity index is 1010. The van der Waals surface area contributed by atoms with Crippen LogP contribution in [0.15, 0.2) is 36.5 Å². The molecular formula is C20H23N5O2. The highest BCUT2D eigenvalue weighted by Gasteiger charge is 2.20. The Morgan fingerprint density at radius 1 is 1.26 bits per heavy atom. The van der Waals surface area contributed by atoms with Crippen molar-refractivity contribution in [2.75, 3.05) is 30.7 Å². The topological polar surface area (TPSA) is 84.9 Å². The minimum Gasteiger partial charge on any atom is -0.482 e. The molecular weight excluding hydrogens is 342 g/mol. The molecule has 140 valence electrons. The molecule has 0 aliphatic carbocycles. The average Bonchev–Trinajstić information content (AvgIpc) is 3.02. The van der Waals surface area contributed by atoms with Crippen LogP contribution in [-0.4, -0.2) is 39.9 Å². The molecule has 1 amide bonds. The van der Waals surface area contributed by atoms with E-state index in [2.05, 4.69) is 28.5 Å². The van der Waals surface area contributed by atoms with Crippen molar-refractivity contribution in [2.24, 2.45) is 0 Å². The third-order valence-electron chi connectivity index (χ3n) is 4.89. The van der Waals surface area contributed by atoms with Gasteiger partial charge in [0.1, 0.15) is 11.4 Å². The lowest BCUT2D eigenvalue weighted by molar-refractivity contribution is -0.118. The predicted octanol–water partition coefficient (Wildman–Crippen LogP) is 2.76. The number of amides is 1. The zero-order valence-corrected chi connectivity index (χ0v) is 15.5. The summed E-state index contributed by atoms with van der Waals surface area (Å²) in [4.78, 5) is 18.8. The van der Waals surface area contributed by atoms with E-state index >= 15 is 0 Å². The number of aromatic nitrogens is 2. The predicted molar refractivity (Wildman–Crippen MR) is 106 cm³/mol. The fourth-order valence-electron chi connectivity index (χ4n) is 3.38. The molecule has 7 heteroatoms. The average molecular weight is 365 g/mol. The first-order chi connectivity index (χ1) is 13.1. The molecule has 0 saturated carbocycles. The number of hydrogen-bond donors (Lipinski definition) is 2. The highest BCUT2D eigenvalue weighted by atomic mass is 16.5. The maximum absolute atomic E-state index is 11.7. The number of pyridine rings is 1. The van der Waals surface area contributed by atoms with Crippen LogP contribution in [0.3, 0.4) is 0 Å². The summed E-state index contributed by atoms with van der Waals surface area (Å²) in [5.41, 5.74) is 11.1. The highest BCUT2D eigenvalue weighted by molar-refractivity contribution is 5.96. The van der Waals surface area contributed by atoms with Crippen LogP contribution in [0.4, 0.5) is 11.4 Å². The molecule has 2 aromatic heterocycles. The first kappa shape index (κ1) is 17.4. The van der Waals surface area contributed by atoms with E-state index in [1.165, 1.54) is 0 Å². The van der Waals surface area contributed by atoms with Gasteiger partial charge in [0.2, 0.25) is 0 Å². The third-order valence-corrected chi connectivity index (χ3v) is 4.89. The van der Waals surface area contributed by atoms with Gasteiger partial charge in [-0.1, -0.05) is 13.8 Å². The number of nitrogens with one attached hydrogen (secondary N) is 1. The monoisotopic (exact) mass is 365 g/mol. The van der Waals surface area contributed by atoms with Crippen LogP contribution in [0.1, 0.15) is 19.5 Å².